The number of hydrogen-bond donors (Lipinski definition) is 0. The Balaban J connectivity index is 2.35. The van der Waals surface area contributed by atoms with Gasteiger partial charge in [-0.15, -0.1) is 11.6 Å². The molecule has 78 valence electrons. The van der Waals surface area contributed by atoms with Crippen molar-refractivity contribution < 1.29 is 4.74 Å². The van der Waals surface area contributed by atoms with Gasteiger partial charge in [-0.1, -0.05) is 41.9 Å². The highest BCUT2D eigenvalue weighted by Gasteiger charge is 2.27. The van der Waals surface area contributed by atoms with Crippen molar-refractivity contribution in [2.24, 2.45) is 0 Å². The number of rotatable bonds is 4. The zero-order chi connectivity index (χ0) is 9.73. The molecule has 0 spiro atoms. The standard InChI is InChI=1S/C10H18ClIO/c1-10(7-11,8-12)13-9-5-3-2-4-6-9/h9H,2-8H2,1H3. The molecule has 1 atom stereocenters. The third-order valence-electron chi connectivity index (χ3n) is 2.57. The van der Waals surface area contributed by atoms with Gasteiger partial charge in [-0.3, -0.25) is 0 Å². The van der Waals surface area contributed by atoms with Crippen molar-refractivity contribution >= 4 is 34.2 Å². The highest BCUT2D eigenvalue weighted by molar-refractivity contribution is 14.1. The van der Waals surface area contributed by atoms with E-state index < -0.39 is 0 Å². The molecule has 3 heteroatoms. The van der Waals surface area contributed by atoms with E-state index >= 15 is 0 Å². The van der Waals surface area contributed by atoms with E-state index in [1.807, 2.05) is 0 Å². The van der Waals surface area contributed by atoms with Crippen LogP contribution in [0.4, 0.5) is 0 Å². The van der Waals surface area contributed by atoms with Crippen molar-refractivity contribution in [1.29, 1.82) is 0 Å². The van der Waals surface area contributed by atoms with Crippen molar-refractivity contribution in [2.45, 2.75) is 50.7 Å². The van der Waals surface area contributed by atoms with E-state index in [9.17, 15) is 0 Å². The van der Waals surface area contributed by atoms with Gasteiger partial charge >= 0.3 is 0 Å². The first-order valence-electron chi connectivity index (χ1n) is 5.00. The SMILES string of the molecule is CC(CCl)(CI)OC1CCCCC1. The van der Waals surface area contributed by atoms with Crippen LogP contribution in [0, 0.1) is 0 Å². The molecule has 0 aromatic heterocycles. The molecule has 13 heavy (non-hydrogen) atoms. The Morgan fingerprint density at radius 2 is 2.00 bits per heavy atom. The molecule has 1 aliphatic rings. The molecule has 0 aromatic rings. The van der Waals surface area contributed by atoms with Crippen molar-refractivity contribution in [3.8, 4) is 0 Å². The lowest BCUT2D eigenvalue weighted by Gasteiger charge is -2.33. The average Bonchev–Trinajstić information content (AvgIpc) is 2.19. The summed E-state index contributed by atoms with van der Waals surface area (Å²) in [7, 11) is 0. The summed E-state index contributed by atoms with van der Waals surface area (Å²) < 4.78 is 7.01. The van der Waals surface area contributed by atoms with Crippen LogP contribution in [0.3, 0.4) is 0 Å². The van der Waals surface area contributed by atoms with Crippen LogP contribution in [0.1, 0.15) is 39.0 Å². The zero-order valence-electron chi connectivity index (χ0n) is 8.19. The Morgan fingerprint density at radius 3 is 2.46 bits per heavy atom. The summed E-state index contributed by atoms with van der Waals surface area (Å²) in [5, 5.41) is 0. The van der Waals surface area contributed by atoms with Crippen molar-refractivity contribution in [3.63, 3.8) is 0 Å². The van der Waals surface area contributed by atoms with Crippen LogP contribution in [-0.2, 0) is 4.74 Å². The fourth-order valence-electron chi connectivity index (χ4n) is 1.68. The van der Waals surface area contributed by atoms with Crippen LogP contribution in [-0.4, -0.2) is 22.0 Å². The molecule has 1 aliphatic carbocycles. The summed E-state index contributed by atoms with van der Waals surface area (Å²) in [5.74, 6) is 0.604. The van der Waals surface area contributed by atoms with Crippen molar-refractivity contribution in [2.75, 3.05) is 10.3 Å². The maximum absolute atomic E-state index is 6.04. The number of halogens is 2. The van der Waals surface area contributed by atoms with Gasteiger partial charge < -0.3 is 4.74 Å². The Kier molecular flexibility index (Phi) is 5.34. The molecule has 1 rings (SSSR count). The molecular formula is C10H18ClIO. The highest BCUT2D eigenvalue weighted by atomic mass is 127. The molecule has 0 N–H and O–H groups in total. The summed E-state index contributed by atoms with van der Waals surface area (Å²) in [6.07, 6.45) is 6.94. The van der Waals surface area contributed by atoms with Gasteiger partial charge in [-0.25, -0.2) is 0 Å². The van der Waals surface area contributed by atoms with Crippen LogP contribution in [0.5, 0.6) is 0 Å². The first-order valence-corrected chi connectivity index (χ1v) is 7.06. The van der Waals surface area contributed by atoms with Gasteiger partial charge in [0.05, 0.1) is 17.6 Å². The van der Waals surface area contributed by atoms with E-state index in [0.717, 1.165) is 4.43 Å². The minimum atomic E-state index is -0.107. The molecule has 0 radical (unpaired) electrons. The van der Waals surface area contributed by atoms with Gasteiger partial charge in [0.25, 0.3) is 0 Å². The lowest BCUT2D eigenvalue weighted by Crippen LogP contribution is -2.38. The largest absolute Gasteiger partial charge is 0.370 e. The second-order valence-electron chi connectivity index (χ2n) is 4.10. The molecule has 0 aromatic carbocycles. The van der Waals surface area contributed by atoms with Gasteiger partial charge in [0.2, 0.25) is 0 Å². The van der Waals surface area contributed by atoms with Crippen LogP contribution in [0.2, 0.25) is 0 Å². The van der Waals surface area contributed by atoms with Crippen molar-refractivity contribution in [1.82, 2.24) is 0 Å². The van der Waals surface area contributed by atoms with E-state index in [2.05, 4.69) is 29.5 Å². The number of ether oxygens (including phenoxy) is 1. The fraction of sp³-hybridized carbons (Fsp3) is 1.00. The first kappa shape index (κ1) is 12.1. The molecule has 0 saturated heterocycles. The second-order valence-corrected chi connectivity index (χ2v) is 5.13. The third kappa shape index (κ3) is 3.92. The molecule has 1 nitrogen and oxygen atoms in total. The Bertz CT molecular complexity index is 142. The Labute approximate surface area is 99.7 Å². The summed E-state index contributed by atoms with van der Waals surface area (Å²) in [5.41, 5.74) is -0.107. The summed E-state index contributed by atoms with van der Waals surface area (Å²) in [6.45, 7) is 2.11. The molecule has 1 unspecified atom stereocenters. The Morgan fingerprint density at radius 1 is 1.38 bits per heavy atom. The van der Waals surface area contributed by atoms with Crippen LogP contribution >= 0.6 is 34.2 Å². The maximum Gasteiger partial charge on any atom is 0.0881 e. The second kappa shape index (κ2) is 5.76. The summed E-state index contributed by atoms with van der Waals surface area (Å²) in [6, 6.07) is 0. The van der Waals surface area contributed by atoms with E-state index in [4.69, 9.17) is 16.3 Å². The lowest BCUT2D eigenvalue weighted by molar-refractivity contribution is -0.0666. The fourth-order valence-corrected chi connectivity index (χ4v) is 2.61. The summed E-state index contributed by atoms with van der Waals surface area (Å²) in [4.78, 5) is 0. The predicted octanol–water partition coefficient (Wildman–Crippen LogP) is 3.77. The zero-order valence-corrected chi connectivity index (χ0v) is 11.1. The molecule has 1 saturated carbocycles. The van der Waals surface area contributed by atoms with Crippen LogP contribution < -0.4 is 0 Å². The molecule has 1 fully saturated rings. The number of alkyl halides is 2. The smallest absolute Gasteiger partial charge is 0.0881 e. The topological polar surface area (TPSA) is 9.23 Å². The van der Waals surface area contributed by atoms with Gasteiger partial charge in [0, 0.05) is 4.43 Å². The third-order valence-corrected chi connectivity index (χ3v) is 4.75. The average molecular weight is 317 g/mol. The predicted molar refractivity (Wildman–Crippen MR) is 66.0 cm³/mol. The minimum absolute atomic E-state index is 0.107. The lowest BCUT2D eigenvalue weighted by atomic mass is 9.97. The molecular weight excluding hydrogens is 298 g/mol. The molecule has 0 aliphatic heterocycles. The van der Waals surface area contributed by atoms with Gasteiger partial charge in [-0.2, -0.15) is 0 Å². The maximum atomic E-state index is 6.04. The normalized spacial score (nSPS) is 24.2. The molecule has 0 bridgehead atoms. The first-order chi connectivity index (χ1) is 6.20. The monoisotopic (exact) mass is 316 g/mol. The van der Waals surface area contributed by atoms with Gasteiger partial charge in [0.1, 0.15) is 0 Å². The molecule has 0 heterocycles. The van der Waals surface area contributed by atoms with E-state index in [1.165, 1.54) is 32.1 Å². The summed E-state index contributed by atoms with van der Waals surface area (Å²) >= 11 is 8.25. The van der Waals surface area contributed by atoms with E-state index in [1.54, 1.807) is 0 Å². The minimum Gasteiger partial charge on any atom is -0.370 e. The highest BCUT2D eigenvalue weighted by Crippen LogP contribution is 2.26. The van der Waals surface area contributed by atoms with Gasteiger partial charge in [-0.05, 0) is 19.8 Å². The molecule has 0 amide bonds. The number of hydrogen-bond acceptors (Lipinski definition) is 1. The Hall–Kier alpha value is 0.980. The van der Waals surface area contributed by atoms with Gasteiger partial charge in [0.15, 0.2) is 0 Å². The van der Waals surface area contributed by atoms with E-state index in [-0.39, 0.29) is 5.60 Å². The van der Waals surface area contributed by atoms with E-state index in [0.29, 0.717) is 12.0 Å². The van der Waals surface area contributed by atoms with Crippen LogP contribution in [0.15, 0.2) is 0 Å². The van der Waals surface area contributed by atoms with Crippen molar-refractivity contribution in [3.05, 3.63) is 0 Å². The van der Waals surface area contributed by atoms with Crippen LogP contribution in [0.25, 0.3) is 0 Å². The quantitative estimate of drug-likeness (QED) is 0.567.